The Morgan fingerprint density at radius 1 is 1.06 bits per heavy atom. The molecule has 2 unspecified atom stereocenters. The topological polar surface area (TPSA) is 93.1 Å². The fraction of sp³-hybridized carbons (Fsp3) is 0.444. The third-order valence-electron chi connectivity index (χ3n) is 2.18. The molecule has 1 N–H and O–H groups in total. The number of hydrogen-bond donors (Lipinski definition) is 1. The Morgan fingerprint density at radius 2 is 1.44 bits per heavy atom. The van der Waals surface area contributed by atoms with Crippen molar-refractivity contribution in [2.24, 2.45) is 0 Å². The number of hydrogen-bond acceptors (Lipinski definition) is 5. The summed E-state index contributed by atoms with van der Waals surface area (Å²) in [5, 5.41) is 8.91. The van der Waals surface area contributed by atoms with Gasteiger partial charge in [-0.2, -0.15) is 0 Å². The number of esters is 2. The van der Waals surface area contributed by atoms with Crippen LogP contribution in [0.1, 0.15) is 0 Å². The molecule has 0 spiro atoms. The number of nitrogens with zero attached hydrogens (tertiary/aromatic N) is 1. The first-order valence-corrected chi connectivity index (χ1v) is 4.38. The highest BCUT2D eigenvalue weighted by atomic mass is 16.5. The summed E-state index contributed by atoms with van der Waals surface area (Å²) in [4.78, 5) is 34.1. The fourth-order valence-electron chi connectivity index (χ4n) is 1.43. The Kier molecular flexibility index (Phi) is 3.49. The van der Waals surface area contributed by atoms with Crippen molar-refractivity contribution in [3.05, 3.63) is 12.2 Å². The van der Waals surface area contributed by atoms with E-state index in [1.165, 1.54) is 12.2 Å². The van der Waals surface area contributed by atoms with Crippen molar-refractivity contribution < 1.29 is 29.0 Å². The van der Waals surface area contributed by atoms with Crippen LogP contribution in [-0.4, -0.2) is 54.3 Å². The molecule has 1 amide bonds. The molecule has 2 atom stereocenters. The zero-order valence-corrected chi connectivity index (χ0v) is 8.75. The number of carbonyl (C=O) groups excluding carboxylic acids is 2. The van der Waals surface area contributed by atoms with Crippen molar-refractivity contribution in [3.63, 3.8) is 0 Å². The van der Waals surface area contributed by atoms with Crippen LogP contribution in [0.2, 0.25) is 0 Å². The van der Waals surface area contributed by atoms with Gasteiger partial charge in [0.2, 0.25) is 0 Å². The first-order chi connectivity index (χ1) is 7.52. The lowest BCUT2D eigenvalue weighted by Gasteiger charge is -2.24. The standard InChI is InChI=1S/C9H11NO6/c1-15-7(11)5-3-4-6(8(12)16-2)10(5)9(13)14/h3-6H,1-2H3,(H,13,14). The van der Waals surface area contributed by atoms with E-state index in [-0.39, 0.29) is 0 Å². The molecule has 1 heterocycles. The molecular formula is C9H11NO6. The van der Waals surface area contributed by atoms with Crippen molar-refractivity contribution in [1.82, 2.24) is 4.90 Å². The molecule has 16 heavy (non-hydrogen) atoms. The molecular weight excluding hydrogens is 218 g/mol. The van der Waals surface area contributed by atoms with Gasteiger partial charge in [0.25, 0.3) is 0 Å². The summed E-state index contributed by atoms with van der Waals surface area (Å²) in [6, 6.07) is -2.21. The largest absolute Gasteiger partial charge is 0.467 e. The summed E-state index contributed by atoms with van der Waals surface area (Å²) in [5.41, 5.74) is 0. The van der Waals surface area contributed by atoms with Crippen LogP contribution in [0.15, 0.2) is 12.2 Å². The van der Waals surface area contributed by atoms with Gasteiger partial charge in [0.05, 0.1) is 14.2 Å². The predicted octanol–water partition coefficient (Wildman–Crippen LogP) is -0.381. The summed E-state index contributed by atoms with van der Waals surface area (Å²) in [5.74, 6) is -1.49. The lowest BCUT2D eigenvalue weighted by molar-refractivity contribution is -0.148. The summed E-state index contributed by atoms with van der Waals surface area (Å²) >= 11 is 0. The minimum Gasteiger partial charge on any atom is -0.467 e. The lowest BCUT2D eigenvalue weighted by Crippen LogP contribution is -2.48. The van der Waals surface area contributed by atoms with Gasteiger partial charge in [-0.3, -0.25) is 4.90 Å². The second-order valence-electron chi connectivity index (χ2n) is 3.01. The molecule has 7 nitrogen and oxygen atoms in total. The van der Waals surface area contributed by atoms with Crippen LogP contribution < -0.4 is 0 Å². The molecule has 0 aromatic rings. The number of carbonyl (C=O) groups is 3. The molecule has 1 rings (SSSR count). The fourth-order valence-corrected chi connectivity index (χ4v) is 1.43. The summed E-state index contributed by atoms with van der Waals surface area (Å²) in [6.45, 7) is 0. The van der Waals surface area contributed by atoms with Gasteiger partial charge < -0.3 is 14.6 Å². The van der Waals surface area contributed by atoms with Crippen molar-refractivity contribution in [1.29, 1.82) is 0 Å². The molecule has 0 bridgehead atoms. The highest BCUT2D eigenvalue weighted by Crippen LogP contribution is 2.19. The highest BCUT2D eigenvalue weighted by molar-refractivity contribution is 5.90. The van der Waals surface area contributed by atoms with Crippen molar-refractivity contribution in [2.75, 3.05) is 14.2 Å². The highest BCUT2D eigenvalue weighted by Gasteiger charge is 2.41. The van der Waals surface area contributed by atoms with E-state index < -0.39 is 30.1 Å². The Morgan fingerprint density at radius 3 is 1.69 bits per heavy atom. The molecule has 0 aliphatic carbocycles. The average molecular weight is 229 g/mol. The van der Waals surface area contributed by atoms with E-state index in [9.17, 15) is 14.4 Å². The molecule has 1 aliphatic heterocycles. The van der Waals surface area contributed by atoms with Crippen LogP contribution >= 0.6 is 0 Å². The number of rotatable bonds is 2. The summed E-state index contributed by atoms with van der Waals surface area (Å²) in [6.07, 6.45) is 1.19. The SMILES string of the molecule is COC(=O)C1C=CC(C(=O)OC)N1C(=O)O. The second kappa shape index (κ2) is 4.65. The van der Waals surface area contributed by atoms with E-state index in [4.69, 9.17) is 5.11 Å². The Hall–Kier alpha value is -2.05. The van der Waals surface area contributed by atoms with E-state index >= 15 is 0 Å². The van der Waals surface area contributed by atoms with Gasteiger partial charge in [-0.15, -0.1) is 0 Å². The minimum atomic E-state index is -1.39. The van der Waals surface area contributed by atoms with Gasteiger partial charge >= 0.3 is 18.0 Å². The van der Waals surface area contributed by atoms with Gasteiger partial charge in [0, 0.05) is 0 Å². The minimum absolute atomic E-state index is 0.678. The van der Waals surface area contributed by atoms with Gasteiger partial charge in [0.15, 0.2) is 12.1 Å². The van der Waals surface area contributed by atoms with E-state index in [0.29, 0.717) is 4.90 Å². The quantitative estimate of drug-likeness (QED) is 0.512. The monoisotopic (exact) mass is 229 g/mol. The Labute approximate surface area is 91.2 Å². The van der Waals surface area contributed by atoms with Gasteiger partial charge in [-0.25, -0.2) is 14.4 Å². The second-order valence-corrected chi connectivity index (χ2v) is 3.01. The molecule has 0 fully saturated rings. The summed E-state index contributed by atoms with van der Waals surface area (Å²) in [7, 11) is 2.28. The van der Waals surface area contributed by atoms with Crippen LogP contribution in [0.5, 0.6) is 0 Å². The third-order valence-corrected chi connectivity index (χ3v) is 2.18. The molecule has 0 aromatic heterocycles. The van der Waals surface area contributed by atoms with Crippen molar-refractivity contribution in [3.8, 4) is 0 Å². The maximum atomic E-state index is 11.3. The zero-order chi connectivity index (χ0) is 12.3. The number of methoxy groups -OCH3 is 2. The van der Waals surface area contributed by atoms with E-state index in [1.807, 2.05) is 0 Å². The maximum Gasteiger partial charge on any atom is 0.409 e. The molecule has 0 aromatic carbocycles. The Bertz CT molecular complexity index is 324. The van der Waals surface area contributed by atoms with E-state index in [0.717, 1.165) is 14.2 Å². The predicted molar refractivity (Wildman–Crippen MR) is 50.6 cm³/mol. The molecule has 1 aliphatic rings. The molecule has 7 heteroatoms. The Balaban J connectivity index is 2.94. The zero-order valence-electron chi connectivity index (χ0n) is 8.75. The normalized spacial score (nSPS) is 23.0. The number of amides is 1. The first-order valence-electron chi connectivity index (χ1n) is 4.38. The van der Waals surface area contributed by atoms with Crippen LogP contribution in [-0.2, 0) is 19.1 Å². The molecule has 88 valence electrons. The van der Waals surface area contributed by atoms with E-state index in [1.54, 1.807) is 0 Å². The van der Waals surface area contributed by atoms with Crippen LogP contribution in [0.3, 0.4) is 0 Å². The van der Waals surface area contributed by atoms with E-state index in [2.05, 4.69) is 9.47 Å². The van der Waals surface area contributed by atoms with Crippen molar-refractivity contribution in [2.45, 2.75) is 12.1 Å². The molecule has 0 radical (unpaired) electrons. The third kappa shape index (κ3) is 1.97. The van der Waals surface area contributed by atoms with Crippen LogP contribution in [0, 0.1) is 0 Å². The van der Waals surface area contributed by atoms with Crippen LogP contribution in [0.4, 0.5) is 4.79 Å². The molecule has 0 saturated heterocycles. The van der Waals surface area contributed by atoms with Gasteiger partial charge in [-0.1, -0.05) is 12.2 Å². The van der Waals surface area contributed by atoms with Gasteiger partial charge in [-0.05, 0) is 0 Å². The van der Waals surface area contributed by atoms with Crippen molar-refractivity contribution >= 4 is 18.0 Å². The van der Waals surface area contributed by atoms with Gasteiger partial charge in [0.1, 0.15) is 0 Å². The van der Waals surface area contributed by atoms with Crippen LogP contribution in [0.25, 0.3) is 0 Å². The number of ether oxygens (including phenoxy) is 2. The lowest BCUT2D eigenvalue weighted by atomic mass is 10.3. The maximum absolute atomic E-state index is 11.3. The number of carboxylic acid groups (broad SMARTS) is 1. The summed E-state index contributed by atoms with van der Waals surface area (Å²) < 4.78 is 8.86. The first kappa shape index (κ1) is 12.0. The smallest absolute Gasteiger partial charge is 0.409 e. The molecule has 0 saturated carbocycles. The average Bonchev–Trinajstić information content (AvgIpc) is 2.71.